The summed E-state index contributed by atoms with van der Waals surface area (Å²) in [5.74, 6) is 0.668. The maximum absolute atomic E-state index is 5.54. The van der Waals surface area contributed by atoms with Crippen molar-refractivity contribution >= 4 is 0 Å². The van der Waals surface area contributed by atoms with Crippen molar-refractivity contribution in [1.29, 1.82) is 0 Å². The van der Waals surface area contributed by atoms with E-state index in [1.165, 1.54) is 24.8 Å². The van der Waals surface area contributed by atoms with E-state index < -0.39 is 0 Å². The van der Waals surface area contributed by atoms with Gasteiger partial charge in [0.15, 0.2) is 0 Å². The third kappa shape index (κ3) is 3.43. The standard InChI is InChI=1S/C14H22N2O2/c1-17-13-6-4-3-5-12(13)16-10-11-7-8-15-14(9-11)18-2/h7-9,12-13,16H,3-6,10H2,1-2H3. The second-order valence-electron chi connectivity index (χ2n) is 4.75. The monoisotopic (exact) mass is 250 g/mol. The lowest BCUT2D eigenvalue weighted by Crippen LogP contribution is -2.42. The summed E-state index contributed by atoms with van der Waals surface area (Å²) in [5, 5.41) is 3.58. The average Bonchev–Trinajstić information content (AvgIpc) is 2.45. The van der Waals surface area contributed by atoms with E-state index in [1.807, 2.05) is 12.1 Å². The number of nitrogens with one attached hydrogen (secondary N) is 1. The van der Waals surface area contributed by atoms with E-state index in [4.69, 9.17) is 9.47 Å². The van der Waals surface area contributed by atoms with E-state index in [0.29, 0.717) is 18.0 Å². The third-order valence-electron chi connectivity index (χ3n) is 3.58. The van der Waals surface area contributed by atoms with Crippen molar-refractivity contribution < 1.29 is 9.47 Å². The Morgan fingerprint density at radius 2 is 2.17 bits per heavy atom. The van der Waals surface area contributed by atoms with Gasteiger partial charge in [-0.3, -0.25) is 0 Å². The fourth-order valence-corrected chi connectivity index (χ4v) is 2.53. The van der Waals surface area contributed by atoms with Crippen molar-refractivity contribution in [3.05, 3.63) is 23.9 Å². The molecular formula is C14H22N2O2. The molecular weight excluding hydrogens is 228 g/mol. The molecule has 0 radical (unpaired) electrons. The lowest BCUT2D eigenvalue weighted by Gasteiger charge is -2.31. The first kappa shape index (κ1) is 13.3. The minimum absolute atomic E-state index is 0.350. The highest BCUT2D eigenvalue weighted by atomic mass is 16.5. The number of methoxy groups -OCH3 is 2. The number of rotatable bonds is 5. The van der Waals surface area contributed by atoms with Gasteiger partial charge in [-0.25, -0.2) is 4.98 Å². The summed E-state index contributed by atoms with van der Waals surface area (Å²) in [6, 6.07) is 4.44. The van der Waals surface area contributed by atoms with Gasteiger partial charge in [0.25, 0.3) is 0 Å². The Morgan fingerprint density at radius 3 is 2.94 bits per heavy atom. The first-order valence-corrected chi connectivity index (χ1v) is 6.58. The first-order valence-electron chi connectivity index (χ1n) is 6.58. The largest absolute Gasteiger partial charge is 0.481 e. The van der Waals surface area contributed by atoms with Gasteiger partial charge in [0, 0.05) is 32.0 Å². The molecule has 1 aliphatic rings. The van der Waals surface area contributed by atoms with Gasteiger partial charge in [-0.05, 0) is 24.5 Å². The van der Waals surface area contributed by atoms with E-state index in [1.54, 1.807) is 20.4 Å². The highest BCUT2D eigenvalue weighted by Crippen LogP contribution is 2.21. The number of nitrogens with zero attached hydrogens (tertiary/aromatic N) is 1. The van der Waals surface area contributed by atoms with Crippen molar-refractivity contribution in [3.63, 3.8) is 0 Å². The van der Waals surface area contributed by atoms with Crippen LogP contribution < -0.4 is 10.1 Å². The Kier molecular flexibility index (Phi) is 4.96. The van der Waals surface area contributed by atoms with Gasteiger partial charge < -0.3 is 14.8 Å². The van der Waals surface area contributed by atoms with Crippen molar-refractivity contribution in [2.24, 2.45) is 0 Å². The quantitative estimate of drug-likeness (QED) is 0.869. The molecule has 4 nitrogen and oxygen atoms in total. The van der Waals surface area contributed by atoms with E-state index >= 15 is 0 Å². The van der Waals surface area contributed by atoms with Gasteiger partial charge in [-0.2, -0.15) is 0 Å². The molecule has 1 aromatic heterocycles. The van der Waals surface area contributed by atoms with Crippen LogP contribution in [0.2, 0.25) is 0 Å². The van der Waals surface area contributed by atoms with Crippen LogP contribution in [0.5, 0.6) is 5.88 Å². The van der Waals surface area contributed by atoms with E-state index in [0.717, 1.165) is 13.0 Å². The van der Waals surface area contributed by atoms with Gasteiger partial charge in [0.05, 0.1) is 13.2 Å². The van der Waals surface area contributed by atoms with E-state index in [2.05, 4.69) is 10.3 Å². The summed E-state index contributed by atoms with van der Waals surface area (Å²) in [6.45, 7) is 0.837. The molecule has 2 atom stereocenters. The maximum atomic E-state index is 5.54. The molecule has 1 fully saturated rings. The van der Waals surface area contributed by atoms with Crippen LogP contribution in [0.25, 0.3) is 0 Å². The smallest absolute Gasteiger partial charge is 0.213 e. The van der Waals surface area contributed by atoms with Crippen molar-refractivity contribution in [3.8, 4) is 5.88 Å². The van der Waals surface area contributed by atoms with Gasteiger partial charge in [-0.15, -0.1) is 0 Å². The van der Waals surface area contributed by atoms with Crippen LogP contribution in [-0.4, -0.2) is 31.3 Å². The van der Waals surface area contributed by atoms with Crippen LogP contribution in [0, 0.1) is 0 Å². The average molecular weight is 250 g/mol. The molecule has 4 heteroatoms. The number of ether oxygens (including phenoxy) is 2. The number of aromatic nitrogens is 1. The van der Waals surface area contributed by atoms with Crippen LogP contribution >= 0.6 is 0 Å². The zero-order valence-electron chi connectivity index (χ0n) is 11.2. The molecule has 1 saturated carbocycles. The van der Waals surface area contributed by atoms with Gasteiger partial charge >= 0.3 is 0 Å². The highest BCUT2D eigenvalue weighted by molar-refractivity contribution is 5.20. The van der Waals surface area contributed by atoms with Crippen LogP contribution in [-0.2, 0) is 11.3 Å². The molecule has 1 N–H and O–H groups in total. The normalized spacial score (nSPS) is 23.9. The summed E-state index contributed by atoms with van der Waals surface area (Å²) in [4.78, 5) is 4.11. The van der Waals surface area contributed by atoms with Crippen LogP contribution in [0.1, 0.15) is 31.2 Å². The Balaban J connectivity index is 1.89. The van der Waals surface area contributed by atoms with E-state index in [9.17, 15) is 0 Å². The zero-order valence-corrected chi connectivity index (χ0v) is 11.2. The molecule has 100 valence electrons. The molecule has 0 aliphatic heterocycles. The lowest BCUT2D eigenvalue weighted by molar-refractivity contribution is 0.0413. The summed E-state index contributed by atoms with van der Waals surface area (Å²) in [6.07, 6.45) is 7.05. The predicted octanol–water partition coefficient (Wildman–Crippen LogP) is 2.14. The highest BCUT2D eigenvalue weighted by Gasteiger charge is 2.24. The first-order chi connectivity index (χ1) is 8.83. The second-order valence-corrected chi connectivity index (χ2v) is 4.75. The number of hydrogen-bond acceptors (Lipinski definition) is 4. The van der Waals surface area contributed by atoms with Gasteiger partial charge in [-0.1, -0.05) is 12.8 Å². The fourth-order valence-electron chi connectivity index (χ4n) is 2.53. The van der Waals surface area contributed by atoms with Crippen molar-refractivity contribution in [2.45, 2.75) is 44.4 Å². The van der Waals surface area contributed by atoms with Gasteiger partial charge in [0.1, 0.15) is 0 Å². The number of pyridine rings is 1. The summed E-state index contributed by atoms with van der Waals surface area (Å²) in [7, 11) is 3.45. The maximum Gasteiger partial charge on any atom is 0.213 e. The van der Waals surface area contributed by atoms with Crippen LogP contribution in [0.3, 0.4) is 0 Å². The lowest BCUT2D eigenvalue weighted by atomic mass is 9.92. The summed E-state index contributed by atoms with van der Waals surface area (Å²) >= 11 is 0. The summed E-state index contributed by atoms with van der Waals surface area (Å²) in [5.41, 5.74) is 1.20. The van der Waals surface area contributed by atoms with Gasteiger partial charge in [0.2, 0.25) is 5.88 Å². The molecule has 1 aromatic rings. The summed E-state index contributed by atoms with van der Waals surface area (Å²) < 4.78 is 10.7. The topological polar surface area (TPSA) is 43.4 Å². The second kappa shape index (κ2) is 6.71. The van der Waals surface area contributed by atoms with Crippen molar-refractivity contribution in [2.75, 3.05) is 14.2 Å². The Labute approximate surface area is 109 Å². The minimum atomic E-state index is 0.350. The predicted molar refractivity (Wildman–Crippen MR) is 70.7 cm³/mol. The molecule has 0 amide bonds. The SMILES string of the molecule is COc1cc(CNC2CCCCC2OC)ccn1. The Morgan fingerprint density at radius 1 is 1.33 bits per heavy atom. The zero-order chi connectivity index (χ0) is 12.8. The minimum Gasteiger partial charge on any atom is -0.481 e. The van der Waals surface area contributed by atoms with E-state index in [-0.39, 0.29) is 0 Å². The van der Waals surface area contributed by atoms with Crippen molar-refractivity contribution in [1.82, 2.24) is 10.3 Å². The molecule has 2 rings (SSSR count). The molecule has 0 bridgehead atoms. The Hall–Kier alpha value is -1.13. The fraction of sp³-hybridized carbons (Fsp3) is 0.643. The molecule has 0 saturated heterocycles. The molecule has 1 aliphatic carbocycles. The number of hydrogen-bond donors (Lipinski definition) is 1. The molecule has 0 spiro atoms. The molecule has 1 heterocycles. The molecule has 2 unspecified atom stereocenters. The third-order valence-corrected chi connectivity index (χ3v) is 3.58. The molecule has 0 aromatic carbocycles. The van der Waals surface area contributed by atoms with Crippen LogP contribution in [0.15, 0.2) is 18.3 Å². The molecule has 18 heavy (non-hydrogen) atoms. The Bertz CT molecular complexity index is 371. The van der Waals surface area contributed by atoms with Crippen LogP contribution in [0.4, 0.5) is 0 Å².